The van der Waals surface area contributed by atoms with E-state index in [1.165, 1.54) is 45.2 Å². The second-order valence-corrected chi connectivity index (χ2v) is 7.83. The van der Waals surface area contributed by atoms with Crippen molar-refractivity contribution < 1.29 is 0 Å². The van der Waals surface area contributed by atoms with Gasteiger partial charge in [0.1, 0.15) is 0 Å². The minimum absolute atomic E-state index is 0.461. The van der Waals surface area contributed by atoms with E-state index >= 15 is 0 Å². The van der Waals surface area contributed by atoms with Crippen LogP contribution < -0.4 is 5.32 Å². The molecule has 1 heterocycles. The summed E-state index contributed by atoms with van der Waals surface area (Å²) in [6, 6.07) is 1.44. The fraction of sp³-hybridized carbons (Fsp3) is 1.00. The Labute approximate surface area is 120 Å². The number of hydrogen-bond acceptors (Lipinski definition) is 2. The minimum Gasteiger partial charge on any atom is -0.315 e. The molecule has 1 saturated carbocycles. The van der Waals surface area contributed by atoms with Crippen LogP contribution in [-0.2, 0) is 0 Å². The zero-order valence-corrected chi connectivity index (χ0v) is 13.7. The van der Waals surface area contributed by atoms with Crippen LogP contribution in [0.15, 0.2) is 0 Å². The van der Waals surface area contributed by atoms with Crippen LogP contribution in [0.2, 0.25) is 0 Å². The van der Waals surface area contributed by atoms with Crippen LogP contribution in [0.1, 0.15) is 59.8 Å². The van der Waals surface area contributed by atoms with Gasteiger partial charge in [-0.05, 0) is 69.5 Å². The molecule has 1 aliphatic heterocycles. The molecule has 2 rings (SSSR count). The van der Waals surface area contributed by atoms with E-state index in [-0.39, 0.29) is 0 Å². The topological polar surface area (TPSA) is 15.3 Å². The smallest absolute Gasteiger partial charge is 0.0271 e. The number of rotatable bonds is 3. The molecule has 0 aromatic carbocycles. The van der Waals surface area contributed by atoms with Gasteiger partial charge in [-0.3, -0.25) is 4.90 Å². The number of nitrogens with zero attached hydrogens (tertiary/aromatic N) is 1. The normalized spacial score (nSPS) is 36.6. The Hall–Kier alpha value is -0.0800. The van der Waals surface area contributed by atoms with Crippen LogP contribution in [0.25, 0.3) is 0 Å². The molecule has 0 aromatic heterocycles. The highest BCUT2D eigenvalue weighted by atomic mass is 15.2. The van der Waals surface area contributed by atoms with Gasteiger partial charge in [0, 0.05) is 12.1 Å². The van der Waals surface area contributed by atoms with Gasteiger partial charge in [0.05, 0.1) is 0 Å². The van der Waals surface area contributed by atoms with Crippen LogP contribution in [0.4, 0.5) is 0 Å². The number of likely N-dealkylation sites (tertiary alicyclic amines) is 1. The van der Waals surface area contributed by atoms with Gasteiger partial charge in [-0.2, -0.15) is 0 Å². The lowest BCUT2D eigenvalue weighted by Gasteiger charge is -2.36. The van der Waals surface area contributed by atoms with Crippen molar-refractivity contribution >= 4 is 0 Å². The molecule has 2 nitrogen and oxygen atoms in total. The van der Waals surface area contributed by atoms with Gasteiger partial charge in [-0.15, -0.1) is 0 Å². The van der Waals surface area contributed by atoms with Crippen LogP contribution in [0.5, 0.6) is 0 Å². The van der Waals surface area contributed by atoms with Crippen molar-refractivity contribution in [2.45, 2.75) is 71.9 Å². The highest BCUT2D eigenvalue weighted by molar-refractivity contribution is 5.00. The molecule has 112 valence electrons. The molecule has 2 heteroatoms. The molecule has 3 unspecified atom stereocenters. The molecule has 1 saturated heterocycles. The lowest BCUT2D eigenvalue weighted by Crippen LogP contribution is -2.51. The van der Waals surface area contributed by atoms with Crippen LogP contribution in [0.3, 0.4) is 0 Å². The second-order valence-electron chi connectivity index (χ2n) is 7.83. The van der Waals surface area contributed by atoms with Crippen LogP contribution in [-0.4, -0.2) is 37.1 Å². The molecule has 19 heavy (non-hydrogen) atoms. The van der Waals surface area contributed by atoms with Crippen LogP contribution in [0, 0.1) is 17.3 Å². The first-order valence-corrected chi connectivity index (χ1v) is 8.37. The molecule has 0 bridgehead atoms. The highest BCUT2D eigenvalue weighted by Gasteiger charge is 2.43. The maximum atomic E-state index is 3.61. The Morgan fingerprint density at radius 3 is 2.47 bits per heavy atom. The third kappa shape index (κ3) is 3.33. The molecule has 0 aromatic rings. The van der Waals surface area contributed by atoms with Gasteiger partial charge in [0.15, 0.2) is 0 Å². The quantitative estimate of drug-likeness (QED) is 0.841. The van der Waals surface area contributed by atoms with Crippen molar-refractivity contribution in [1.82, 2.24) is 10.2 Å². The second kappa shape index (κ2) is 6.13. The third-order valence-corrected chi connectivity index (χ3v) is 5.84. The predicted molar refractivity (Wildman–Crippen MR) is 83.4 cm³/mol. The van der Waals surface area contributed by atoms with E-state index in [0.717, 1.165) is 17.9 Å². The summed E-state index contributed by atoms with van der Waals surface area (Å²) in [7, 11) is 2.15. The van der Waals surface area contributed by atoms with Crippen molar-refractivity contribution in [1.29, 1.82) is 0 Å². The first-order chi connectivity index (χ1) is 8.95. The third-order valence-electron chi connectivity index (χ3n) is 5.84. The lowest BCUT2D eigenvalue weighted by molar-refractivity contribution is 0.150. The number of hydrogen-bond donors (Lipinski definition) is 1. The first-order valence-electron chi connectivity index (χ1n) is 8.37. The molecular formula is C17H34N2. The fourth-order valence-corrected chi connectivity index (χ4v) is 4.48. The van der Waals surface area contributed by atoms with E-state index in [1.54, 1.807) is 0 Å². The van der Waals surface area contributed by atoms with Crippen molar-refractivity contribution in [2.75, 3.05) is 20.1 Å². The van der Waals surface area contributed by atoms with Crippen molar-refractivity contribution in [3.05, 3.63) is 0 Å². The van der Waals surface area contributed by atoms with Gasteiger partial charge in [0.2, 0.25) is 0 Å². The van der Waals surface area contributed by atoms with Gasteiger partial charge in [-0.25, -0.2) is 0 Å². The standard InChI is InChI=1S/C17H34N2/c1-13(2)14-7-6-11-19(12-9-14)15-8-10-17(3,4)16(15)18-5/h13-16,18H,6-12H2,1-5H3. The molecule has 3 atom stereocenters. The highest BCUT2D eigenvalue weighted by Crippen LogP contribution is 2.40. The zero-order chi connectivity index (χ0) is 14.0. The van der Waals surface area contributed by atoms with E-state index in [9.17, 15) is 0 Å². The Bertz CT molecular complexity index is 285. The van der Waals surface area contributed by atoms with E-state index < -0.39 is 0 Å². The van der Waals surface area contributed by atoms with Gasteiger partial charge in [-0.1, -0.05) is 27.7 Å². The average molecular weight is 266 g/mol. The zero-order valence-electron chi connectivity index (χ0n) is 13.7. The largest absolute Gasteiger partial charge is 0.315 e. The summed E-state index contributed by atoms with van der Waals surface area (Å²) in [4.78, 5) is 2.80. The van der Waals surface area contributed by atoms with Crippen LogP contribution >= 0.6 is 0 Å². The SMILES string of the molecule is CNC1C(N2CCCC(C(C)C)CC2)CCC1(C)C. The number of nitrogens with one attached hydrogen (secondary N) is 1. The van der Waals surface area contributed by atoms with Crippen molar-refractivity contribution in [3.8, 4) is 0 Å². The minimum atomic E-state index is 0.461. The Kier molecular flexibility index (Phi) is 4.94. The molecule has 1 N–H and O–H groups in total. The predicted octanol–water partition coefficient (Wildman–Crippen LogP) is 3.52. The van der Waals surface area contributed by atoms with E-state index in [0.29, 0.717) is 11.5 Å². The Morgan fingerprint density at radius 2 is 1.84 bits per heavy atom. The Balaban J connectivity index is 1.99. The van der Waals surface area contributed by atoms with Gasteiger partial charge < -0.3 is 5.32 Å². The first kappa shape index (κ1) is 15.3. The summed E-state index contributed by atoms with van der Waals surface area (Å²) < 4.78 is 0. The fourth-order valence-electron chi connectivity index (χ4n) is 4.48. The maximum absolute atomic E-state index is 3.61. The maximum Gasteiger partial charge on any atom is 0.0271 e. The molecule has 0 radical (unpaired) electrons. The summed E-state index contributed by atoms with van der Waals surface area (Å²) in [5, 5.41) is 3.61. The average Bonchev–Trinajstić information content (AvgIpc) is 2.54. The molecule has 0 amide bonds. The van der Waals surface area contributed by atoms with E-state index in [4.69, 9.17) is 0 Å². The summed E-state index contributed by atoms with van der Waals surface area (Å²) in [6.07, 6.45) is 6.99. The van der Waals surface area contributed by atoms with Gasteiger partial charge >= 0.3 is 0 Å². The van der Waals surface area contributed by atoms with Gasteiger partial charge in [0.25, 0.3) is 0 Å². The lowest BCUT2D eigenvalue weighted by atomic mass is 9.86. The summed E-state index contributed by atoms with van der Waals surface area (Å²) in [5.74, 6) is 1.81. The van der Waals surface area contributed by atoms with Crippen molar-refractivity contribution in [2.24, 2.45) is 17.3 Å². The monoisotopic (exact) mass is 266 g/mol. The molecule has 2 aliphatic rings. The summed E-state index contributed by atoms with van der Waals surface area (Å²) >= 11 is 0. The molecular weight excluding hydrogens is 232 g/mol. The number of likely N-dealkylation sites (N-methyl/N-ethyl adjacent to an activating group) is 1. The Morgan fingerprint density at radius 1 is 1.11 bits per heavy atom. The molecule has 2 fully saturated rings. The molecule has 0 spiro atoms. The molecule has 1 aliphatic carbocycles. The van der Waals surface area contributed by atoms with Crippen molar-refractivity contribution in [3.63, 3.8) is 0 Å². The summed E-state index contributed by atoms with van der Waals surface area (Å²) in [5.41, 5.74) is 0.461. The summed E-state index contributed by atoms with van der Waals surface area (Å²) in [6.45, 7) is 12.3. The van der Waals surface area contributed by atoms with E-state index in [2.05, 4.69) is 45.0 Å². The van der Waals surface area contributed by atoms with E-state index in [1.807, 2.05) is 0 Å².